The monoisotopic (exact) mass is 442 g/mol. The molecule has 5 nitrogen and oxygen atoms in total. The summed E-state index contributed by atoms with van der Waals surface area (Å²) in [4.78, 5) is 17.2. The molecule has 0 aliphatic heterocycles. The number of carbonyl (C=O) groups is 1. The Hall–Kier alpha value is -3.29. The normalized spacial score (nSPS) is 11.1. The van der Waals surface area contributed by atoms with Crippen LogP contribution >= 0.6 is 23.1 Å². The molecule has 0 radical (unpaired) electrons. The number of amides is 1. The molecule has 31 heavy (non-hydrogen) atoms. The molecule has 0 unspecified atom stereocenters. The standard InChI is InChI=1S/C24H18N4OS2/c1-15-6-11-20-21(12-15)31-23(27-20)16-7-9-18(10-8-16)26-22(29)14-30-24-19-5-3-2-4-17(19)13-25-28-24/h2-13H,14H2,1H3,(H,26,29). The van der Waals surface area contributed by atoms with Crippen molar-refractivity contribution in [3.05, 3.63) is 78.5 Å². The molecule has 0 fully saturated rings. The predicted octanol–water partition coefficient (Wildman–Crippen LogP) is 5.95. The first-order valence-corrected chi connectivity index (χ1v) is 11.6. The molecular weight excluding hydrogens is 424 g/mol. The van der Waals surface area contributed by atoms with Gasteiger partial charge in [0.15, 0.2) is 0 Å². The van der Waals surface area contributed by atoms with Crippen LogP contribution in [0.1, 0.15) is 5.56 Å². The van der Waals surface area contributed by atoms with Gasteiger partial charge in [0.1, 0.15) is 10.0 Å². The summed E-state index contributed by atoms with van der Waals surface area (Å²) in [5, 5.41) is 14.9. The van der Waals surface area contributed by atoms with Gasteiger partial charge in [-0.05, 0) is 48.9 Å². The van der Waals surface area contributed by atoms with E-state index in [9.17, 15) is 4.79 Å². The van der Waals surface area contributed by atoms with Crippen LogP contribution in [0, 0.1) is 6.92 Å². The van der Waals surface area contributed by atoms with Gasteiger partial charge in [0.2, 0.25) is 5.91 Å². The van der Waals surface area contributed by atoms with E-state index in [0.29, 0.717) is 0 Å². The molecule has 0 atom stereocenters. The minimum absolute atomic E-state index is 0.0806. The van der Waals surface area contributed by atoms with E-state index in [1.165, 1.54) is 22.0 Å². The first-order chi connectivity index (χ1) is 15.2. The number of aromatic nitrogens is 3. The Bertz CT molecular complexity index is 1390. The summed E-state index contributed by atoms with van der Waals surface area (Å²) < 4.78 is 1.18. The van der Waals surface area contributed by atoms with Crippen LogP contribution in [0.3, 0.4) is 0 Å². The molecule has 2 aromatic heterocycles. The summed E-state index contributed by atoms with van der Waals surface area (Å²) in [6.45, 7) is 2.08. The zero-order valence-electron chi connectivity index (χ0n) is 16.7. The van der Waals surface area contributed by atoms with Crippen LogP contribution < -0.4 is 5.32 Å². The summed E-state index contributed by atoms with van der Waals surface area (Å²) in [6.07, 6.45) is 1.73. The minimum atomic E-state index is -0.0806. The van der Waals surface area contributed by atoms with Crippen molar-refractivity contribution in [1.29, 1.82) is 0 Å². The van der Waals surface area contributed by atoms with E-state index >= 15 is 0 Å². The lowest BCUT2D eigenvalue weighted by atomic mass is 10.2. The minimum Gasteiger partial charge on any atom is -0.325 e. The van der Waals surface area contributed by atoms with Gasteiger partial charge in [0.25, 0.3) is 0 Å². The Kier molecular flexibility index (Phi) is 5.36. The highest BCUT2D eigenvalue weighted by Gasteiger charge is 2.10. The van der Waals surface area contributed by atoms with Gasteiger partial charge in [-0.2, -0.15) is 5.10 Å². The van der Waals surface area contributed by atoms with E-state index in [2.05, 4.69) is 40.6 Å². The third-order valence-electron chi connectivity index (χ3n) is 4.84. The Labute approximate surface area is 187 Å². The van der Waals surface area contributed by atoms with E-state index in [0.717, 1.165) is 37.6 Å². The predicted molar refractivity (Wildman–Crippen MR) is 129 cm³/mol. The highest BCUT2D eigenvalue weighted by atomic mass is 32.2. The van der Waals surface area contributed by atoms with Gasteiger partial charge < -0.3 is 5.32 Å². The molecule has 152 valence electrons. The molecule has 0 spiro atoms. The molecule has 0 aliphatic rings. The van der Waals surface area contributed by atoms with Crippen LogP contribution in [0.15, 0.2) is 78.0 Å². The zero-order chi connectivity index (χ0) is 21.2. The van der Waals surface area contributed by atoms with E-state index in [1.54, 1.807) is 17.5 Å². The van der Waals surface area contributed by atoms with Crippen molar-refractivity contribution < 1.29 is 4.79 Å². The van der Waals surface area contributed by atoms with Gasteiger partial charge in [-0.25, -0.2) is 4.98 Å². The van der Waals surface area contributed by atoms with Crippen molar-refractivity contribution in [2.24, 2.45) is 0 Å². The number of nitrogens with zero attached hydrogens (tertiary/aromatic N) is 3. The van der Waals surface area contributed by atoms with E-state index in [-0.39, 0.29) is 11.7 Å². The molecule has 0 saturated heterocycles. The number of anilines is 1. The number of nitrogens with one attached hydrogen (secondary N) is 1. The fourth-order valence-corrected chi connectivity index (χ4v) is 5.15. The number of thioether (sulfide) groups is 1. The lowest BCUT2D eigenvalue weighted by molar-refractivity contribution is -0.113. The van der Waals surface area contributed by atoms with Gasteiger partial charge >= 0.3 is 0 Å². The smallest absolute Gasteiger partial charge is 0.234 e. The summed E-state index contributed by atoms with van der Waals surface area (Å²) in [5.74, 6) is 0.185. The van der Waals surface area contributed by atoms with Crippen molar-refractivity contribution in [2.75, 3.05) is 11.1 Å². The zero-order valence-corrected chi connectivity index (χ0v) is 18.3. The van der Waals surface area contributed by atoms with Crippen LogP contribution in [0.2, 0.25) is 0 Å². The second kappa shape index (κ2) is 8.45. The molecule has 1 amide bonds. The van der Waals surface area contributed by atoms with Gasteiger partial charge in [-0.15, -0.1) is 16.4 Å². The van der Waals surface area contributed by atoms with E-state index < -0.39 is 0 Å². The molecule has 0 saturated carbocycles. The van der Waals surface area contributed by atoms with Gasteiger partial charge in [-0.1, -0.05) is 42.1 Å². The quantitative estimate of drug-likeness (QED) is 0.341. The van der Waals surface area contributed by atoms with E-state index in [1.807, 2.05) is 48.5 Å². The number of hydrogen-bond donors (Lipinski definition) is 1. The molecule has 5 aromatic rings. The number of aryl methyl sites for hydroxylation is 1. The second-order valence-electron chi connectivity index (χ2n) is 7.14. The SMILES string of the molecule is Cc1ccc2nc(-c3ccc(NC(=O)CSc4nncc5ccccc45)cc3)sc2c1. The van der Waals surface area contributed by atoms with Crippen molar-refractivity contribution >= 4 is 55.7 Å². The third-order valence-corrected chi connectivity index (χ3v) is 6.88. The largest absolute Gasteiger partial charge is 0.325 e. The van der Waals surface area contributed by atoms with Gasteiger partial charge in [0, 0.05) is 22.0 Å². The molecule has 5 rings (SSSR count). The van der Waals surface area contributed by atoms with E-state index in [4.69, 9.17) is 4.98 Å². The maximum atomic E-state index is 12.4. The van der Waals surface area contributed by atoms with Crippen LogP contribution in [-0.2, 0) is 4.79 Å². The maximum absolute atomic E-state index is 12.4. The number of hydrogen-bond acceptors (Lipinski definition) is 6. The third kappa shape index (κ3) is 4.28. The molecule has 3 aromatic carbocycles. The summed E-state index contributed by atoms with van der Waals surface area (Å²) in [7, 11) is 0. The summed E-state index contributed by atoms with van der Waals surface area (Å²) in [5.41, 5.74) is 4.04. The van der Waals surface area contributed by atoms with Crippen LogP contribution in [-0.4, -0.2) is 26.8 Å². The highest BCUT2D eigenvalue weighted by molar-refractivity contribution is 8.00. The van der Waals surface area contributed by atoms with Crippen molar-refractivity contribution in [3.8, 4) is 10.6 Å². The summed E-state index contributed by atoms with van der Waals surface area (Å²) >= 11 is 3.06. The number of fused-ring (bicyclic) bond motifs is 2. The molecular formula is C24H18N4OS2. The molecule has 0 bridgehead atoms. The molecule has 0 aliphatic carbocycles. The average molecular weight is 443 g/mol. The van der Waals surface area contributed by atoms with Crippen molar-refractivity contribution in [2.45, 2.75) is 11.9 Å². The maximum Gasteiger partial charge on any atom is 0.234 e. The Balaban J connectivity index is 1.25. The lowest BCUT2D eigenvalue weighted by Crippen LogP contribution is -2.14. The number of carbonyl (C=O) groups excluding carboxylic acids is 1. The Morgan fingerprint density at radius 3 is 2.77 bits per heavy atom. The molecule has 2 heterocycles. The first kappa shape index (κ1) is 19.7. The fraction of sp³-hybridized carbons (Fsp3) is 0.0833. The number of thiazole rings is 1. The van der Waals surface area contributed by atoms with Crippen LogP contribution in [0.5, 0.6) is 0 Å². The number of benzene rings is 3. The topological polar surface area (TPSA) is 67.8 Å². The Morgan fingerprint density at radius 2 is 1.90 bits per heavy atom. The van der Waals surface area contributed by atoms with Crippen LogP contribution in [0.4, 0.5) is 5.69 Å². The van der Waals surface area contributed by atoms with Crippen LogP contribution in [0.25, 0.3) is 31.6 Å². The molecule has 7 heteroatoms. The van der Waals surface area contributed by atoms with Crippen molar-refractivity contribution in [1.82, 2.24) is 15.2 Å². The highest BCUT2D eigenvalue weighted by Crippen LogP contribution is 2.31. The first-order valence-electron chi connectivity index (χ1n) is 9.76. The summed E-state index contributed by atoms with van der Waals surface area (Å²) in [6, 6.07) is 22.0. The number of rotatable bonds is 5. The van der Waals surface area contributed by atoms with Crippen molar-refractivity contribution in [3.63, 3.8) is 0 Å². The van der Waals surface area contributed by atoms with Gasteiger partial charge in [-0.3, -0.25) is 4.79 Å². The fourth-order valence-electron chi connectivity index (χ4n) is 3.29. The second-order valence-corrected chi connectivity index (χ2v) is 9.14. The lowest BCUT2D eigenvalue weighted by Gasteiger charge is -2.07. The Morgan fingerprint density at radius 1 is 1.06 bits per heavy atom. The average Bonchev–Trinajstić information content (AvgIpc) is 3.21. The van der Waals surface area contributed by atoms with Gasteiger partial charge in [0.05, 0.1) is 22.2 Å². The molecule has 1 N–H and O–H groups in total.